The molecule has 1 aromatic rings. The van der Waals surface area contributed by atoms with Crippen molar-refractivity contribution in [1.82, 2.24) is 4.98 Å². The molecule has 19 heavy (non-hydrogen) atoms. The van der Waals surface area contributed by atoms with Crippen LogP contribution in [0.15, 0.2) is 21.2 Å². The third-order valence-corrected chi connectivity index (χ3v) is 4.95. The molecule has 1 aliphatic rings. The second kappa shape index (κ2) is 5.67. The predicted octanol–water partition coefficient (Wildman–Crippen LogP) is 2.53. The lowest BCUT2D eigenvalue weighted by atomic mass is 10.1. The Bertz CT molecular complexity index is 623. The molecule has 1 unspecified atom stereocenters. The molecule has 0 radical (unpaired) electrons. The van der Waals surface area contributed by atoms with Crippen LogP contribution < -0.4 is 4.90 Å². The molecule has 2 heterocycles. The Balaban J connectivity index is 2.20. The summed E-state index contributed by atoms with van der Waals surface area (Å²) in [6.45, 7) is 0.304. The lowest BCUT2D eigenvalue weighted by Gasteiger charge is -2.16. The third-order valence-electron chi connectivity index (χ3n) is 2.68. The summed E-state index contributed by atoms with van der Waals surface area (Å²) in [4.78, 5) is 17.6. The van der Waals surface area contributed by atoms with Crippen LogP contribution >= 0.6 is 42.5 Å². The molecule has 1 aliphatic heterocycles. The van der Waals surface area contributed by atoms with Crippen LogP contribution in [0.3, 0.4) is 0 Å². The predicted molar refractivity (Wildman–Crippen MR) is 79.7 cm³/mol. The van der Waals surface area contributed by atoms with Gasteiger partial charge in [0.2, 0.25) is 15.0 Å². The highest BCUT2D eigenvalue weighted by molar-refractivity contribution is 9.11. The van der Waals surface area contributed by atoms with Gasteiger partial charge in [-0.05, 0) is 37.9 Å². The maximum atomic E-state index is 11.9. The Hall–Kier alpha value is -0.180. The van der Waals surface area contributed by atoms with Crippen LogP contribution in [-0.4, -0.2) is 31.6 Å². The molecule has 0 bridgehead atoms. The van der Waals surface area contributed by atoms with Crippen LogP contribution in [0.5, 0.6) is 0 Å². The topological polar surface area (TPSA) is 67.3 Å². The molecule has 2 rings (SSSR count). The average molecular weight is 433 g/mol. The zero-order valence-corrected chi connectivity index (χ0v) is 14.3. The number of hydrogen-bond acceptors (Lipinski definition) is 4. The van der Waals surface area contributed by atoms with E-state index in [1.54, 1.807) is 12.3 Å². The van der Waals surface area contributed by atoms with Gasteiger partial charge in [-0.2, -0.15) is 0 Å². The summed E-state index contributed by atoms with van der Waals surface area (Å²) in [5.74, 6) is -0.166. The van der Waals surface area contributed by atoms with E-state index in [9.17, 15) is 13.2 Å². The minimum Gasteiger partial charge on any atom is -0.296 e. The number of carbonyl (C=O) groups excluding carboxylic acids is 1. The quantitative estimate of drug-likeness (QED) is 0.689. The molecule has 1 fully saturated rings. The Kier molecular flexibility index (Phi) is 4.54. The Morgan fingerprint density at radius 3 is 2.74 bits per heavy atom. The SMILES string of the molecule is O=C1CC(CS(=O)(=O)Cl)CN1c1ncc(Br)cc1Br. The molecule has 0 aromatic carbocycles. The molecule has 9 heteroatoms. The van der Waals surface area contributed by atoms with Crippen LogP contribution in [0.25, 0.3) is 0 Å². The van der Waals surface area contributed by atoms with E-state index in [1.165, 1.54) is 4.90 Å². The van der Waals surface area contributed by atoms with Crippen LogP contribution in [-0.2, 0) is 13.8 Å². The summed E-state index contributed by atoms with van der Waals surface area (Å²) in [5, 5.41) is 0. The van der Waals surface area contributed by atoms with Gasteiger partial charge in [-0.3, -0.25) is 9.69 Å². The van der Waals surface area contributed by atoms with E-state index < -0.39 is 9.05 Å². The number of hydrogen-bond donors (Lipinski definition) is 0. The summed E-state index contributed by atoms with van der Waals surface area (Å²) in [6.07, 6.45) is 1.75. The highest BCUT2D eigenvalue weighted by Crippen LogP contribution is 2.31. The van der Waals surface area contributed by atoms with Gasteiger partial charge in [-0.15, -0.1) is 0 Å². The van der Waals surface area contributed by atoms with Gasteiger partial charge in [0.05, 0.1) is 10.2 Å². The molecule has 1 amide bonds. The minimum atomic E-state index is -3.60. The molecule has 1 aromatic heterocycles. The van der Waals surface area contributed by atoms with Gasteiger partial charge in [-0.25, -0.2) is 13.4 Å². The van der Waals surface area contributed by atoms with Crippen LogP contribution in [0, 0.1) is 5.92 Å². The molecular weight excluding hydrogens is 423 g/mol. The summed E-state index contributed by atoms with van der Waals surface area (Å²) in [7, 11) is 1.62. The lowest BCUT2D eigenvalue weighted by Crippen LogP contribution is -2.26. The normalized spacial score (nSPS) is 20.1. The Morgan fingerprint density at radius 1 is 1.47 bits per heavy atom. The van der Waals surface area contributed by atoms with Crippen molar-refractivity contribution in [3.63, 3.8) is 0 Å². The number of nitrogens with zero attached hydrogens (tertiary/aromatic N) is 2. The molecule has 104 valence electrons. The van der Waals surface area contributed by atoms with Gasteiger partial charge in [0.1, 0.15) is 5.82 Å². The molecule has 0 spiro atoms. The Labute approximate surface area is 132 Å². The minimum absolute atomic E-state index is 0.152. The number of amides is 1. The highest BCUT2D eigenvalue weighted by Gasteiger charge is 2.34. The monoisotopic (exact) mass is 430 g/mol. The van der Waals surface area contributed by atoms with Crippen LogP contribution in [0.1, 0.15) is 6.42 Å². The summed E-state index contributed by atoms with van der Waals surface area (Å²) in [6, 6.07) is 1.78. The molecule has 1 atom stereocenters. The maximum absolute atomic E-state index is 11.9. The zero-order chi connectivity index (χ0) is 14.2. The van der Waals surface area contributed by atoms with Crippen molar-refractivity contribution in [2.45, 2.75) is 6.42 Å². The van der Waals surface area contributed by atoms with E-state index in [4.69, 9.17) is 10.7 Å². The second-order valence-electron chi connectivity index (χ2n) is 4.24. The first-order chi connectivity index (χ1) is 8.76. The number of carbonyl (C=O) groups is 1. The standard InChI is InChI=1S/C10H9Br2ClN2O3S/c11-7-2-8(12)10(14-3-7)15-4-6(1-9(15)16)5-19(13,17)18/h2-3,6H,1,4-5H2. The van der Waals surface area contributed by atoms with Crippen molar-refractivity contribution in [2.75, 3.05) is 17.2 Å². The van der Waals surface area contributed by atoms with Crippen molar-refractivity contribution in [3.05, 3.63) is 21.2 Å². The third kappa shape index (κ3) is 3.90. The van der Waals surface area contributed by atoms with Gasteiger partial charge in [0.25, 0.3) is 0 Å². The molecule has 0 saturated carbocycles. The fraction of sp³-hybridized carbons (Fsp3) is 0.400. The van der Waals surface area contributed by atoms with Gasteiger partial charge < -0.3 is 0 Å². The summed E-state index contributed by atoms with van der Waals surface area (Å²) >= 11 is 6.61. The number of rotatable bonds is 3. The number of pyridine rings is 1. The number of anilines is 1. The highest BCUT2D eigenvalue weighted by atomic mass is 79.9. The van der Waals surface area contributed by atoms with Crippen molar-refractivity contribution in [1.29, 1.82) is 0 Å². The van der Waals surface area contributed by atoms with Gasteiger partial charge in [0.15, 0.2) is 0 Å². The first-order valence-electron chi connectivity index (χ1n) is 5.30. The van der Waals surface area contributed by atoms with E-state index in [0.717, 1.165) is 4.47 Å². The van der Waals surface area contributed by atoms with Crippen molar-refractivity contribution in [3.8, 4) is 0 Å². The van der Waals surface area contributed by atoms with E-state index in [1.807, 2.05) is 0 Å². The molecule has 0 N–H and O–H groups in total. The van der Waals surface area contributed by atoms with E-state index in [0.29, 0.717) is 16.8 Å². The fourth-order valence-electron chi connectivity index (χ4n) is 1.99. The van der Waals surface area contributed by atoms with Crippen LogP contribution in [0.2, 0.25) is 0 Å². The maximum Gasteiger partial charge on any atom is 0.232 e. The van der Waals surface area contributed by atoms with Crippen LogP contribution in [0.4, 0.5) is 5.82 Å². The fourth-order valence-corrected chi connectivity index (χ4v) is 4.51. The first-order valence-corrected chi connectivity index (χ1v) is 9.36. The van der Waals surface area contributed by atoms with Crippen molar-refractivity contribution in [2.24, 2.45) is 5.92 Å². The molecule has 0 aliphatic carbocycles. The van der Waals surface area contributed by atoms with Gasteiger partial charge >= 0.3 is 0 Å². The van der Waals surface area contributed by atoms with E-state index in [2.05, 4.69) is 36.8 Å². The molecule has 1 saturated heterocycles. The van der Waals surface area contributed by atoms with Crippen molar-refractivity contribution < 1.29 is 13.2 Å². The number of aromatic nitrogens is 1. The zero-order valence-electron chi connectivity index (χ0n) is 9.51. The van der Waals surface area contributed by atoms with E-state index in [-0.39, 0.29) is 24.0 Å². The summed E-state index contributed by atoms with van der Waals surface area (Å²) in [5.41, 5.74) is 0. The second-order valence-corrected chi connectivity index (χ2v) is 8.83. The molecule has 5 nitrogen and oxygen atoms in total. The summed E-state index contributed by atoms with van der Waals surface area (Å²) < 4.78 is 23.6. The van der Waals surface area contributed by atoms with Gasteiger partial charge in [0, 0.05) is 40.2 Å². The van der Waals surface area contributed by atoms with Gasteiger partial charge in [-0.1, -0.05) is 0 Å². The Morgan fingerprint density at radius 2 is 2.16 bits per heavy atom. The first kappa shape index (κ1) is 15.2. The lowest BCUT2D eigenvalue weighted by molar-refractivity contribution is -0.117. The van der Waals surface area contributed by atoms with E-state index >= 15 is 0 Å². The molecular formula is C10H9Br2ClN2O3S. The smallest absolute Gasteiger partial charge is 0.232 e. The number of halogens is 3. The average Bonchev–Trinajstić information content (AvgIpc) is 2.56. The largest absolute Gasteiger partial charge is 0.296 e. The van der Waals surface area contributed by atoms with Crippen molar-refractivity contribution >= 4 is 63.3 Å².